The maximum atomic E-state index is 12.8. The first-order valence-electron chi connectivity index (χ1n) is 11.2. The molecule has 2 aromatic carbocycles. The van der Waals surface area contributed by atoms with Crippen molar-refractivity contribution >= 4 is 17.7 Å². The van der Waals surface area contributed by atoms with E-state index < -0.39 is 5.51 Å². The van der Waals surface area contributed by atoms with Crippen LogP contribution in [0.1, 0.15) is 35.2 Å². The van der Waals surface area contributed by atoms with Crippen LogP contribution in [0, 0.1) is 5.92 Å². The second-order valence-corrected chi connectivity index (χ2v) is 10.3. The van der Waals surface area contributed by atoms with Gasteiger partial charge in [-0.25, -0.2) is 0 Å². The number of rotatable bonds is 6. The van der Waals surface area contributed by atoms with E-state index in [0.717, 1.165) is 32.4 Å². The molecule has 5 nitrogen and oxygen atoms in total. The Bertz CT molecular complexity index is 1030. The van der Waals surface area contributed by atoms with Gasteiger partial charge in [0.25, 0.3) is 5.91 Å². The molecule has 2 aliphatic rings. The van der Waals surface area contributed by atoms with Crippen molar-refractivity contribution in [3.8, 4) is 11.5 Å². The average molecular weight is 495 g/mol. The molecule has 9 heteroatoms. The summed E-state index contributed by atoms with van der Waals surface area (Å²) in [5.41, 5.74) is -2.78. The number of hydrogen-bond acceptors (Lipinski definition) is 5. The molecule has 184 valence electrons. The van der Waals surface area contributed by atoms with Crippen molar-refractivity contribution in [3.63, 3.8) is 0 Å². The van der Waals surface area contributed by atoms with E-state index in [1.165, 1.54) is 29.8 Å². The van der Waals surface area contributed by atoms with Gasteiger partial charge >= 0.3 is 5.51 Å². The highest BCUT2D eigenvalue weighted by molar-refractivity contribution is 8.00. The van der Waals surface area contributed by atoms with E-state index >= 15 is 0 Å². The molecule has 0 aromatic heterocycles. The highest BCUT2D eigenvalue weighted by Gasteiger charge is 2.50. The minimum Gasteiger partial charge on any atom is -0.493 e. The molecule has 1 aliphatic heterocycles. The van der Waals surface area contributed by atoms with Crippen molar-refractivity contribution in [2.75, 3.05) is 34.4 Å². The molecule has 1 amide bonds. The van der Waals surface area contributed by atoms with Gasteiger partial charge in [-0.15, -0.1) is 0 Å². The molecule has 1 heterocycles. The lowest BCUT2D eigenvalue weighted by atomic mass is 9.63. The van der Waals surface area contributed by atoms with Gasteiger partial charge in [0.1, 0.15) is 0 Å². The molecule has 2 aromatic rings. The minimum absolute atomic E-state index is 0.0153. The Hall–Kier alpha value is -2.39. The maximum absolute atomic E-state index is 12.8. The van der Waals surface area contributed by atoms with Gasteiger partial charge in [0, 0.05) is 35.0 Å². The molecule has 4 rings (SSSR count). The first-order valence-corrected chi connectivity index (χ1v) is 12.0. The van der Waals surface area contributed by atoms with E-state index in [1.807, 2.05) is 6.07 Å². The van der Waals surface area contributed by atoms with Crippen LogP contribution in [0.2, 0.25) is 0 Å². The summed E-state index contributed by atoms with van der Waals surface area (Å²) >= 11 is -0.183. The fourth-order valence-corrected chi connectivity index (χ4v) is 6.07. The molecule has 0 spiro atoms. The van der Waals surface area contributed by atoms with Crippen LogP contribution >= 0.6 is 11.8 Å². The summed E-state index contributed by atoms with van der Waals surface area (Å²) in [6.45, 7) is 1.87. The zero-order valence-corrected chi connectivity index (χ0v) is 20.3. The second-order valence-electron chi connectivity index (χ2n) is 9.14. The topological polar surface area (TPSA) is 50.8 Å². The van der Waals surface area contributed by atoms with Crippen LogP contribution < -0.4 is 14.8 Å². The fraction of sp³-hybridized carbons (Fsp3) is 0.480. The Morgan fingerprint density at radius 1 is 1.12 bits per heavy atom. The van der Waals surface area contributed by atoms with Gasteiger partial charge in [0.05, 0.1) is 14.2 Å². The van der Waals surface area contributed by atoms with Crippen LogP contribution in [-0.4, -0.2) is 56.7 Å². The van der Waals surface area contributed by atoms with Gasteiger partial charge < -0.3 is 19.7 Å². The van der Waals surface area contributed by atoms with Gasteiger partial charge in [-0.2, -0.15) is 13.2 Å². The predicted molar refractivity (Wildman–Crippen MR) is 126 cm³/mol. The number of amides is 1. The summed E-state index contributed by atoms with van der Waals surface area (Å²) < 4.78 is 48.6. The molecule has 1 saturated heterocycles. The molecule has 0 radical (unpaired) electrons. The lowest BCUT2D eigenvalue weighted by Gasteiger charge is -2.43. The van der Waals surface area contributed by atoms with Crippen LogP contribution in [-0.2, 0) is 5.41 Å². The van der Waals surface area contributed by atoms with Crippen LogP contribution in [0.3, 0.4) is 0 Å². The zero-order chi connectivity index (χ0) is 24.5. The Morgan fingerprint density at radius 2 is 1.82 bits per heavy atom. The number of thioether (sulfide) groups is 1. The second kappa shape index (κ2) is 9.70. The van der Waals surface area contributed by atoms with Gasteiger partial charge in [-0.3, -0.25) is 4.79 Å². The number of fused-ring (bicyclic) bond motifs is 1. The number of carbonyl (C=O) groups is 1. The number of likely N-dealkylation sites (tertiary alicyclic amines) is 1. The summed E-state index contributed by atoms with van der Waals surface area (Å²) in [6, 6.07) is 11.7. The van der Waals surface area contributed by atoms with Crippen molar-refractivity contribution in [3.05, 3.63) is 53.6 Å². The number of methoxy groups -OCH3 is 2. The number of nitrogens with one attached hydrogen (secondary N) is 1. The molecular formula is C25H29F3N2O3S. The van der Waals surface area contributed by atoms with Crippen LogP contribution in [0.4, 0.5) is 13.2 Å². The number of alkyl halides is 3. The normalized spacial score (nSPS) is 25.0. The largest absolute Gasteiger partial charge is 0.493 e. The van der Waals surface area contributed by atoms with E-state index in [2.05, 4.69) is 29.4 Å². The van der Waals surface area contributed by atoms with Crippen LogP contribution in [0.25, 0.3) is 0 Å². The van der Waals surface area contributed by atoms with Crippen molar-refractivity contribution < 1.29 is 27.4 Å². The fourth-order valence-electron chi connectivity index (χ4n) is 5.53. The number of carbonyl (C=O) groups excluding carboxylic acids is 1. The molecule has 1 saturated carbocycles. The van der Waals surface area contributed by atoms with E-state index in [-0.39, 0.29) is 34.0 Å². The molecular weight excluding hydrogens is 465 g/mol. The summed E-state index contributed by atoms with van der Waals surface area (Å²) in [5, 5.41) is 3.11. The van der Waals surface area contributed by atoms with E-state index in [0.29, 0.717) is 23.0 Å². The van der Waals surface area contributed by atoms with Gasteiger partial charge in [0.15, 0.2) is 11.5 Å². The minimum atomic E-state index is -4.35. The average Bonchev–Trinajstić information content (AvgIpc) is 3.14. The number of likely N-dealkylation sites (N-methyl/N-ethyl adjacent to an activating group) is 1. The van der Waals surface area contributed by atoms with Gasteiger partial charge in [-0.05, 0) is 86.0 Å². The quantitative estimate of drug-likeness (QED) is 0.567. The maximum Gasteiger partial charge on any atom is 0.446 e. The van der Waals surface area contributed by atoms with Gasteiger partial charge in [-0.1, -0.05) is 6.07 Å². The highest BCUT2D eigenvalue weighted by Crippen LogP contribution is 2.49. The first kappa shape index (κ1) is 24.7. The molecule has 3 unspecified atom stereocenters. The molecule has 2 fully saturated rings. The standard InChI is InChI=1S/C25H29F3N2O3S/c1-30-14-18-12-19(29-23(31)16-4-7-20(8-5-16)34-25(26,27)28)10-11-24(18,15-30)17-6-9-21(32-2)22(13-17)33-3/h4-9,13,18-19H,10-12,14-15H2,1-3H3,(H,29,31). The predicted octanol–water partition coefficient (Wildman–Crippen LogP) is 5.10. The van der Waals surface area contributed by atoms with Crippen molar-refractivity contribution in [1.82, 2.24) is 10.2 Å². The van der Waals surface area contributed by atoms with E-state index in [4.69, 9.17) is 9.47 Å². The monoisotopic (exact) mass is 494 g/mol. The summed E-state index contributed by atoms with van der Waals surface area (Å²) in [5.74, 6) is 1.52. The Labute approximate surface area is 202 Å². The van der Waals surface area contributed by atoms with Crippen molar-refractivity contribution in [2.45, 2.75) is 41.1 Å². The Morgan fingerprint density at radius 3 is 2.47 bits per heavy atom. The number of nitrogens with zero attached hydrogens (tertiary/aromatic N) is 1. The smallest absolute Gasteiger partial charge is 0.446 e. The lowest BCUT2D eigenvalue weighted by Crippen LogP contribution is -2.47. The van der Waals surface area contributed by atoms with E-state index in [9.17, 15) is 18.0 Å². The molecule has 0 bridgehead atoms. The van der Waals surface area contributed by atoms with Crippen LogP contribution in [0.15, 0.2) is 47.4 Å². The third-order valence-corrected chi connectivity index (χ3v) is 7.76. The summed E-state index contributed by atoms with van der Waals surface area (Å²) in [4.78, 5) is 15.2. The van der Waals surface area contributed by atoms with E-state index in [1.54, 1.807) is 14.2 Å². The lowest BCUT2D eigenvalue weighted by molar-refractivity contribution is -0.0328. The molecule has 3 atom stereocenters. The van der Waals surface area contributed by atoms with Crippen molar-refractivity contribution in [1.29, 1.82) is 0 Å². The summed E-state index contributed by atoms with van der Waals surface area (Å²) in [6.07, 6.45) is 2.59. The summed E-state index contributed by atoms with van der Waals surface area (Å²) in [7, 11) is 5.38. The van der Waals surface area contributed by atoms with Gasteiger partial charge in [0.2, 0.25) is 0 Å². The van der Waals surface area contributed by atoms with Crippen LogP contribution in [0.5, 0.6) is 11.5 Å². The third-order valence-electron chi connectivity index (χ3n) is 7.02. The first-order chi connectivity index (χ1) is 16.1. The molecule has 1 aliphatic carbocycles. The molecule has 1 N–H and O–H groups in total. The van der Waals surface area contributed by atoms with Crippen molar-refractivity contribution in [2.24, 2.45) is 5.92 Å². The molecule has 34 heavy (non-hydrogen) atoms. The number of ether oxygens (including phenoxy) is 2. The SMILES string of the molecule is COc1ccc(C23CCC(NC(=O)c4ccc(SC(F)(F)F)cc4)CC2CN(C)C3)cc1OC. The number of halogens is 3. The highest BCUT2D eigenvalue weighted by atomic mass is 32.2. The number of hydrogen-bond donors (Lipinski definition) is 1. The Kier molecular flexibility index (Phi) is 7.05. The number of benzene rings is 2. The zero-order valence-electron chi connectivity index (χ0n) is 19.4. The Balaban J connectivity index is 1.46. The third kappa shape index (κ3) is 5.15.